The Morgan fingerprint density at radius 2 is 1.72 bits per heavy atom. The van der Waals surface area contributed by atoms with Gasteiger partial charge in [0.25, 0.3) is 5.56 Å². The molecule has 2 atom stereocenters. The summed E-state index contributed by atoms with van der Waals surface area (Å²) in [6, 6.07) is 0. The minimum Gasteiger partial charge on any atom is -0.383 e. The van der Waals surface area contributed by atoms with Gasteiger partial charge in [0.15, 0.2) is 0 Å². The van der Waals surface area contributed by atoms with Gasteiger partial charge < -0.3 is 11.1 Å². The van der Waals surface area contributed by atoms with Crippen LogP contribution in [0.15, 0.2) is 9.59 Å². The molecule has 0 aliphatic heterocycles. The van der Waals surface area contributed by atoms with Crippen molar-refractivity contribution in [1.29, 1.82) is 0 Å². The van der Waals surface area contributed by atoms with Crippen LogP contribution in [0.5, 0.6) is 0 Å². The third kappa shape index (κ3) is 2.14. The van der Waals surface area contributed by atoms with Gasteiger partial charge in [-0.2, -0.15) is 0 Å². The maximum absolute atomic E-state index is 13.2. The molecule has 25 heavy (non-hydrogen) atoms. The SMILES string of the molecule is CCn1c(N)c(NC(=O)C23CC4CC(CC2C4)C3)c(=O)n(CC)c1=O. The Morgan fingerprint density at radius 1 is 1.12 bits per heavy atom. The zero-order chi connectivity index (χ0) is 17.9. The van der Waals surface area contributed by atoms with Crippen molar-refractivity contribution in [1.82, 2.24) is 9.13 Å². The molecule has 0 spiro atoms. The van der Waals surface area contributed by atoms with E-state index in [0.717, 1.165) is 30.3 Å². The molecule has 0 saturated heterocycles. The van der Waals surface area contributed by atoms with E-state index in [1.165, 1.54) is 11.0 Å². The molecule has 4 aliphatic rings. The number of hydrogen-bond acceptors (Lipinski definition) is 4. The Labute approximate surface area is 146 Å². The number of anilines is 2. The quantitative estimate of drug-likeness (QED) is 0.861. The summed E-state index contributed by atoms with van der Waals surface area (Å²) >= 11 is 0. The van der Waals surface area contributed by atoms with E-state index in [9.17, 15) is 14.4 Å². The molecule has 2 unspecified atom stereocenters. The lowest BCUT2D eigenvalue weighted by Crippen LogP contribution is -2.44. The summed E-state index contributed by atoms with van der Waals surface area (Å²) in [4.78, 5) is 38.2. The van der Waals surface area contributed by atoms with Gasteiger partial charge >= 0.3 is 5.69 Å². The zero-order valence-corrected chi connectivity index (χ0v) is 14.9. The van der Waals surface area contributed by atoms with Crippen molar-refractivity contribution in [2.24, 2.45) is 23.2 Å². The summed E-state index contributed by atoms with van der Waals surface area (Å²) in [7, 11) is 0. The minimum absolute atomic E-state index is 0.0599. The highest BCUT2D eigenvalue weighted by Gasteiger charge is 2.61. The van der Waals surface area contributed by atoms with Crippen molar-refractivity contribution in [2.45, 2.75) is 59.0 Å². The van der Waals surface area contributed by atoms with Gasteiger partial charge in [-0.25, -0.2) is 4.79 Å². The molecule has 4 bridgehead atoms. The van der Waals surface area contributed by atoms with Crippen molar-refractivity contribution in [3.05, 3.63) is 20.8 Å². The summed E-state index contributed by atoms with van der Waals surface area (Å²) in [5.74, 6) is 1.72. The van der Waals surface area contributed by atoms with Crippen LogP contribution in [0.25, 0.3) is 0 Å². The number of nitrogen functional groups attached to an aromatic ring is 1. The van der Waals surface area contributed by atoms with Gasteiger partial charge in [-0.15, -0.1) is 0 Å². The van der Waals surface area contributed by atoms with Gasteiger partial charge in [-0.1, -0.05) is 0 Å². The molecule has 1 aromatic rings. The summed E-state index contributed by atoms with van der Waals surface area (Å²) in [6.45, 7) is 4.13. The fraction of sp³-hybridized carbons (Fsp3) is 0.722. The van der Waals surface area contributed by atoms with Gasteiger partial charge in [0.05, 0.1) is 5.41 Å². The second-order valence-corrected chi connectivity index (χ2v) is 7.99. The number of carbonyl (C=O) groups is 1. The van der Waals surface area contributed by atoms with Crippen LogP contribution in [0.2, 0.25) is 0 Å². The molecule has 0 aromatic carbocycles. The second-order valence-electron chi connectivity index (χ2n) is 7.99. The number of hydrogen-bond donors (Lipinski definition) is 2. The van der Waals surface area contributed by atoms with Crippen LogP contribution >= 0.6 is 0 Å². The lowest BCUT2D eigenvalue weighted by atomic mass is 9.75. The molecule has 1 amide bonds. The molecule has 4 fully saturated rings. The van der Waals surface area contributed by atoms with E-state index < -0.39 is 11.2 Å². The molecule has 1 heterocycles. The van der Waals surface area contributed by atoms with Crippen molar-refractivity contribution in [2.75, 3.05) is 11.1 Å². The fourth-order valence-corrected chi connectivity index (χ4v) is 5.82. The third-order valence-electron chi connectivity index (χ3n) is 6.78. The number of carbonyl (C=O) groups excluding carboxylic acids is 1. The van der Waals surface area contributed by atoms with Gasteiger partial charge in [0.1, 0.15) is 11.5 Å². The standard InChI is InChI=1S/C18H26N4O3/c1-3-21-14(19)13(15(23)22(4-2)17(21)25)20-16(24)18-8-10-5-11(9-18)7-12(18)6-10/h10-12H,3-9,19H2,1-2H3,(H,20,24). The second kappa shape index (κ2) is 5.47. The first kappa shape index (κ1) is 16.4. The maximum atomic E-state index is 13.2. The highest BCUT2D eigenvalue weighted by atomic mass is 16.2. The first-order valence-electron chi connectivity index (χ1n) is 9.35. The monoisotopic (exact) mass is 346 g/mol. The summed E-state index contributed by atoms with van der Waals surface area (Å²) in [5.41, 5.74) is 4.87. The lowest BCUT2D eigenvalue weighted by molar-refractivity contribution is -0.127. The van der Waals surface area contributed by atoms with Gasteiger partial charge in [0, 0.05) is 13.1 Å². The number of nitrogens with zero attached hydrogens (tertiary/aromatic N) is 2. The lowest BCUT2D eigenvalue weighted by Gasteiger charge is -2.31. The van der Waals surface area contributed by atoms with Gasteiger partial charge in [-0.3, -0.25) is 18.7 Å². The van der Waals surface area contributed by atoms with Crippen LogP contribution in [0, 0.1) is 23.2 Å². The van der Waals surface area contributed by atoms with E-state index in [0.29, 0.717) is 24.3 Å². The molecule has 3 N–H and O–H groups in total. The van der Waals surface area contributed by atoms with E-state index in [-0.39, 0.29) is 29.4 Å². The predicted octanol–water partition coefficient (Wildman–Crippen LogP) is 1.40. The van der Waals surface area contributed by atoms with Crippen molar-refractivity contribution >= 4 is 17.4 Å². The number of aromatic nitrogens is 2. The Kier molecular flexibility index (Phi) is 3.60. The van der Waals surface area contributed by atoms with Crippen molar-refractivity contribution < 1.29 is 4.79 Å². The molecule has 5 rings (SSSR count). The topological polar surface area (TPSA) is 99.1 Å². The highest BCUT2D eigenvalue weighted by molar-refractivity contribution is 5.98. The van der Waals surface area contributed by atoms with E-state index in [1.54, 1.807) is 13.8 Å². The van der Waals surface area contributed by atoms with E-state index in [1.807, 2.05) is 0 Å². The summed E-state index contributed by atoms with van der Waals surface area (Å²) in [5, 5.41) is 2.84. The number of nitrogens with one attached hydrogen (secondary N) is 1. The Balaban J connectivity index is 1.73. The molecule has 7 heteroatoms. The van der Waals surface area contributed by atoms with Crippen molar-refractivity contribution in [3.63, 3.8) is 0 Å². The largest absolute Gasteiger partial charge is 0.383 e. The molecule has 136 valence electrons. The van der Waals surface area contributed by atoms with Crippen LogP contribution in [-0.4, -0.2) is 15.0 Å². The van der Waals surface area contributed by atoms with E-state index >= 15 is 0 Å². The molecule has 4 saturated carbocycles. The van der Waals surface area contributed by atoms with Crippen LogP contribution in [0.4, 0.5) is 11.5 Å². The first-order valence-corrected chi connectivity index (χ1v) is 9.35. The first-order chi connectivity index (χ1) is 11.9. The summed E-state index contributed by atoms with van der Waals surface area (Å²) in [6.07, 6.45) is 5.36. The maximum Gasteiger partial charge on any atom is 0.332 e. The Morgan fingerprint density at radius 3 is 2.28 bits per heavy atom. The number of rotatable bonds is 4. The minimum atomic E-state index is -0.503. The van der Waals surface area contributed by atoms with Gasteiger partial charge in [-0.05, 0) is 63.7 Å². The molecule has 4 aliphatic carbocycles. The fourth-order valence-electron chi connectivity index (χ4n) is 5.82. The van der Waals surface area contributed by atoms with Crippen LogP contribution < -0.4 is 22.3 Å². The molecule has 7 nitrogen and oxygen atoms in total. The third-order valence-corrected chi connectivity index (χ3v) is 6.78. The van der Waals surface area contributed by atoms with Crippen LogP contribution in [-0.2, 0) is 17.9 Å². The van der Waals surface area contributed by atoms with Crippen LogP contribution in [0.3, 0.4) is 0 Å². The Bertz CT molecular complexity index is 839. The smallest absolute Gasteiger partial charge is 0.332 e. The number of amides is 1. The molecular weight excluding hydrogens is 320 g/mol. The van der Waals surface area contributed by atoms with Crippen molar-refractivity contribution in [3.8, 4) is 0 Å². The average Bonchev–Trinajstić information content (AvgIpc) is 2.97. The number of nitrogens with two attached hydrogens (primary N) is 1. The molecule has 1 aromatic heterocycles. The van der Waals surface area contributed by atoms with Gasteiger partial charge in [0.2, 0.25) is 5.91 Å². The predicted molar refractivity (Wildman–Crippen MR) is 95.3 cm³/mol. The average molecular weight is 346 g/mol. The normalized spacial score (nSPS) is 32.3. The Hall–Kier alpha value is -2.05. The molecular formula is C18H26N4O3. The van der Waals surface area contributed by atoms with E-state index in [2.05, 4.69) is 5.32 Å². The zero-order valence-electron chi connectivity index (χ0n) is 14.9. The van der Waals surface area contributed by atoms with E-state index in [4.69, 9.17) is 5.73 Å². The summed E-state index contributed by atoms with van der Waals surface area (Å²) < 4.78 is 2.47. The highest BCUT2D eigenvalue weighted by Crippen LogP contribution is 2.65. The molecule has 0 radical (unpaired) electrons. The van der Waals surface area contributed by atoms with Crippen LogP contribution in [0.1, 0.15) is 46.0 Å².